The molecule has 2 aromatic heterocycles. The number of amides is 1. The summed E-state index contributed by atoms with van der Waals surface area (Å²) in [4.78, 5) is 16.3. The maximum atomic E-state index is 12.8. The fourth-order valence-corrected chi connectivity index (χ4v) is 3.04. The first-order valence-electron chi connectivity index (χ1n) is 9.27. The minimum atomic E-state index is -0.153. The molecule has 0 aliphatic carbocycles. The van der Waals surface area contributed by atoms with E-state index in [0.717, 1.165) is 47.4 Å². The third kappa shape index (κ3) is 4.10. The highest BCUT2D eigenvalue weighted by Gasteiger charge is 2.20. The van der Waals surface area contributed by atoms with Gasteiger partial charge in [0.1, 0.15) is 11.3 Å². The van der Waals surface area contributed by atoms with Crippen molar-refractivity contribution < 1.29 is 9.21 Å². The van der Waals surface area contributed by atoms with Gasteiger partial charge in [-0.2, -0.15) is 0 Å². The quantitative estimate of drug-likeness (QED) is 0.634. The van der Waals surface area contributed by atoms with Gasteiger partial charge >= 0.3 is 0 Å². The lowest BCUT2D eigenvalue weighted by molar-refractivity contribution is 0.0778. The number of para-hydroxylation sites is 1. The van der Waals surface area contributed by atoms with Crippen LogP contribution < -0.4 is 4.90 Å². The fraction of sp³-hybridized carbons (Fsp3) is 0.381. The van der Waals surface area contributed by atoms with Gasteiger partial charge in [-0.3, -0.25) is 4.79 Å². The summed E-state index contributed by atoms with van der Waals surface area (Å²) < 4.78 is 6.06. The van der Waals surface area contributed by atoms with Crippen molar-refractivity contribution in [3.05, 3.63) is 53.4 Å². The first-order chi connectivity index (χ1) is 13.0. The van der Waals surface area contributed by atoms with Gasteiger partial charge < -0.3 is 14.2 Å². The molecule has 6 nitrogen and oxygen atoms in total. The van der Waals surface area contributed by atoms with Crippen molar-refractivity contribution >= 4 is 22.7 Å². The first-order valence-corrected chi connectivity index (χ1v) is 9.27. The molecule has 1 aromatic carbocycles. The number of rotatable bonds is 7. The van der Waals surface area contributed by atoms with E-state index in [4.69, 9.17) is 4.42 Å². The van der Waals surface area contributed by atoms with Crippen molar-refractivity contribution in [3.63, 3.8) is 0 Å². The average Bonchev–Trinajstić information content (AvgIpc) is 3.03. The van der Waals surface area contributed by atoms with E-state index in [-0.39, 0.29) is 5.91 Å². The Morgan fingerprint density at radius 3 is 2.52 bits per heavy atom. The molecule has 0 bridgehead atoms. The Bertz CT molecular complexity index is 916. The van der Waals surface area contributed by atoms with Gasteiger partial charge in [0, 0.05) is 45.1 Å². The molecule has 27 heavy (non-hydrogen) atoms. The van der Waals surface area contributed by atoms with E-state index < -0.39 is 0 Å². The molecular formula is C21H26N4O2. The molecule has 142 valence electrons. The molecule has 0 spiro atoms. The molecule has 0 atom stereocenters. The molecule has 3 aromatic rings. The summed E-state index contributed by atoms with van der Waals surface area (Å²) in [5, 5.41) is 9.24. The van der Waals surface area contributed by atoms with E-state index >= 15 is 0 Å². The Kier molecular flexibility index (Phi) is 5.74. The van der Waals surface area contributed by atoms with Gasteiger partial charge in [-0.1, -0.05) is 31.5 Å². The number of anilines is 1. The van der Waals surface area contributed by atoms with Crippen molar-refractivity contribution in [1.29, 1.82) is 0 Å². The number of hydrogen-bond donors (Lipinski definition) is 0. The number of hydrogen-bond acceptors (Lipinski definition) is 5. The Labute approximate surface area is 159 Å². The molecule has 6 heteroatoms. The largest absolute Gasteiger partial charge is 0.461 e. The van der Waals surface area contributed by atoms with Crippen LogP contribution in [0, 0.1) is 0 Å². The summed E-state index contributed by atoms with van der Waals surface area (Å²) in [5.74, 6) is 1.53. The average molecular weight is 366 g/mol. The second kappa shape index (κ2) is 8.20. The van der Waals surface area contributed by atoms with Gasteiger partial charge in [-0.15, -0.1) is 10.2 Å². The molecule has 0 saturated carbocycles. The lowest BCUT2D eigenvalue weighted by Gasteiger charge is -2.17. The van der Waals surface area contributed by atoms with E-state index in [0.29, 0.717) is 12.2 Å². The van der Waals surface area contributed by atoms with Crippen LogP contribution in [0.3, 0.4) is 0 Å². The minimum absolute atomic E-state index is 0.153. The topological polar surface area (TPSA) is 62.5 Å². The molecule has 2 heterocycles. The maximum absolute atomic E-state index is 12.8. The van der Waals surface area contributed by atoms with Crippen LogP contribution in [-0.2, 0) is 13.0 Å². The number of fused-ring (bicyclic) bond motifs is 1. The number of unbranched alkanes of at least 4 members (excludes halogenated alkanes) is 1. The zero-order chi connectivity index (χ0) is 19.4. The van der Waals surface area contributed by atoms with Gasteiger partial charge in [0.25, 0.3) is 5.91 Å². The van der Waals surface area contributed by atoms with Gasteiger partial charge in [-0.05, 0) is 24.6 Å². The predicted octanol–water partition coefficient (Wildman–Crippen LogP) is 3.90. The molecule has 0 saturated heterocycles. The first kappa shape index (κ1) is 18.9. The summed E-state index contributed by atoms with van der Waals surface area (Å²) in [6.07, 6.45) is 3.03. The van der Waals surface area contributed by atoms with Crippen LogP contribution in [0.2, 0.25) is 0 Å². The predicted molar refractivity (Wildman–Crippen MR) is 107 cm³/mol. The van der Waals surface area contributed by atoms with Crippen molar-refractivity contribution in [2.24, 2.45) is 0 Å². The molecule has 0 N–H and O–H groups in total. The number of aromatic nitrogens is 2. The zero-order valence-corrected chi connectivity index (χ0v) is 16.4. The Morgan fingerprint density at radius 2 is 1.85 bits per heavy atom. The van der Waals surface area contributed by atoms with Gasteiger partial charge in [0.2, 0.25) is 0 Å². The third-order valence-corrected chi connectivity index (χ3v) is 4.61. The van der Waals surface area contributed by atoms with Crippen molar-refractivity contribution in [3.8, 4) is 0 Å². The van der Waals surface area contributed by atoms with E-state index in [1.165, 1.54) is 0 Å². The van der Waals surface area contributed by atoms with E-state index in [1.807, 2.05) is 43.3 Å². The molecular weight excluding hydrogens is 340 g/mol. The van der Waals surface area contributed by atoms with Crippen LogP contribution in [0.1, 0.15) is 41.6 Å². The zero-order valence-electron chi connectivity index (χ0n) is 16.4. The highest BCUT2D eigenvalue weighted by Crippen LogP contribution is 2.28. The second-order valence-electron chi connectivity index (χ2n) is 6.94. The highest BCUT2D eigenvalue weighted by atomic mass is 16.3. The second-order valence-corrected chi connectivity index (χ2v) is 6.94. The Balaban J connectivity index is 1.84. The number of carbonyl (C=O) groups excluding carboxylic acids is 1. The van der Waals surface area contributed by atoms with E-state index in [1.54, 1.807) is 24.1 Å². The van der Waals surface area contributed by atoms with Crippen LogP contribution in [0.25, 0.3) is 11.0 Å². The third-order valence-electron chi connectivity index (χ3n) is 4.61. The highest BCUT2D eigenvalue weighted by molar-refractivity contribution is 5.92. The van der Waals surface area contributed by atoms with Crippen LogP contribution in [0.4, 0.5) is 5.82 Å². The number of aryl methyl sites for hydroxylation is 1. The number of nitrogens with zero attached hydrogens (tertiary/aromatic N) is 4. The van der Waals surface area contributed by atoms with E-state index in [2.05, 4.69) is 17.1 Å². The molecule has 0 radical (unpaired) electrons. The van der Waals surface area contributed by atoms with Gasteiger partial charge in [0.05, 0.1) is 0 Å². The van der Waals surface area contributed by atoms with Crippen LogP contribution in [0.15, 0.2) is 40.8 Å². The molecule has 0 fully saturated rings. The summed E-state index contributed by atoms with van der Waals surface area (Å²) in [7, 11) is 5.56. The summed E-state index contributed by atoms with van der Waals surface area (Å²) in [6, 6.07) is 11.5. The molecule has 3 rings (SSSR count). The number of carbonyl (C=O) groups is 1. The minimum Gasteiger partial charge on any atom is -0.461 e. The SMILES string of the molecule is CCCCc1oc2ccccc2c1CN(C)C(=O)c1ccc(N(C)C)nn1. The van der Waals surface area contributed by atoms with Crippen LogP contribution in [0.5, 0.6) is 0 Å². The van der Waals surface area contributed by atoms with Crippen molar-refractivity contribution in [1.82, 2.24) is 15.1 Å². The van der Waals surface area contributed by atoms with Crippen molar-refractivity contribution in [2.75, 3.05) is 26.0 Å². The van der Waals surface area contributed by atoms with Crippen molar-refractivity contribution in [2.45, 2.75) is 32.7 Å². The maximum Gasteiger partial charge on any atom is 0.274 e. The van der Waals surface area contributed by atoms with Crippen LogP contribution >= 0.6 is 0 Å². The molecule has 1 amide bonds. The summed E-state index contributed by atoms with van der Waals surface area (Å²) in [6.45, 7) is 2.64. The summed E-state index contributed by atoms with van der Waals surface area (Å²) in [5.41, 5.74) is 2.29. The van der Waals surface area contributed by atoms with Gasteiger partial charge in [-0.25, -0.2) is 0 Å². The van der Waals surface area contributed by atoms with Crippen LogP contribution in [-0.4, -0.2) is 42.1 Å². The molecule has 0 aliphatic rings. The fourth-order valence-electron chi connectivity index (χ4n) is 3.04. The summed E-state index contributed by atoms with van der Waals surface area (Å²) >= 11 is 0. The molecule has 0 unspecified atom stereocenters. The Morgan fingerprint density at radius 1 is 1.07 bits per heavy atom. The normalized spacial score (nSPS) is 11.0. The monoisotopic (exact) mass is 366 g/mol. The lowest BCUT2D eigenvalue weighted by Crippen LogP contribution is -2.27. The number of benzene rings is 1. The standard InChI is InChI=1S/C21H26N4O2/c1-5-6-10-19-16(15-9-7-8-11-18(15)27-19)14-25(4)21(26)17-12-13-20(23-22-17)24(2)3/h7-9,11-13H,5-6,10,14H2,1-4H3. The molecule has 0 aliphatic heterocycles. The van der Waals surface area contributed by atoms with Gasteiger partial charge in [0.15, 0.2) is 11.5 Å². The van der Waals surface area contributed by atoms with E-state index in [9.17, 15) is 4.79 Å². The smallest absolute Gasteiger partial charge is 0.274 e. The number of furan rings is 1. The lowest BCUT2D eigenvalue weighted by atomic mass is 10.1. The Hall–Kier alpha value is -2.89.